The summed E-state index contributed by atoms with van der Waals surface area (Å²) >= 11 is 5.79. The van der Waals surface area contributed by atoms with Gasteiger partial charge in [-0.15, -0.1) is 0 Å². The molecule has 1 N–H and O–H groups in total. The van der Waals surface area contributed by atoms with Crippen LogP contribution >= 0.6 is 11.6 Å². The second-order valence-corrected chi connectivity index (χ2v) is 7.22. The molecule has 0 amide bonds. The average molecular weight is 319 g/mol. The Hall–Kier alpha value is -0.660. The van der Waals surface area contributed by atoms with Gasteiger partial charge >= 0.3 is 0 Å². The Kier molecular flexibility index (Phi) is 5.04. The van der Waals surface area contributed by atoms with Gasteiger partial charge in [0.05, 0.1) is 12.2 Å². The number of benzene rings is 1. The van der Waals surface area contributed by atoms with Gasteiger partial charge in [0.1, 0.15) is 0 Å². The molecule has 0 spiro atoms. The fourth-order valence-electron chi connectivity index (χ4n) is 2.20. The minimum Gasteiger partial charge on any atom is -0.373 e. The number of rotatable bonds is 4. The Labute approximate surface area is 125 Å². The van der Waals surface area contributed by atoms with E-state index >= 15 is 0 Å². The Bertz CT molecular complexity index is 537. The zero-order chi connectivity index (χ0) is 14.8. The van der Waals surface area contributed by atoms with Gasteiger partial charge in [-0.3, -0.25) is 0 Å². The predicted octanol–water partition coefficient (Wildman–Crippen LogP) is 1.78. The van der Waals surface area contributed by atoms with Crippen molar-refractivity contribution in [3.63, 3.8) is 0 Å². The van der Waals surface area contributed by atoms with Crippen LogP contribution < -0.4 is 4.72 Å². The van der Waals surface area contributed by atoms with Crippen molar-refractivity contribution in [2.45, 2.75) is 32.6 Å². The van der Waals surface area contributed by atoms with Crippen molar-refractivity contribution in [2.75, 3.05) is 13.1 Å². The van der Waals surface area contributed by atoms with Gasteiger partial charge in [0.25, 0.3) is 10.2 Å². The molecule has 1 aromatic carbocycles. The summed E-state index contributed by atoms with van der Waals surface area (Å²) < 4.78 is 34.1. The maximum Gasteiger partial charge on any atom is 0.279 e. The van der Waals surface area contributed by atoms with Gasteiger partial charge in [0, 0.05) is 24.7 Å². The Balaban J connectivity index is 1.98. The molecule has 20 heavy (non-hydrogen) atoms. The van der Waals surface area contributed by atoms with Gasteiger partial charge in [0.15, 0.2) is 0 Å². The minimum atomic E-state index is -3.49. The molecule has 0 aliphatic carbocycles. The standard InChI is InChI=1S/C13H19ClN2O3S/c1-10-8-16(9-11(2)19-10)20(17,18)15-7-12-3-5-13(14)6-4-12/h3-6,10-11,15H,7-9H2,1-2H3/t10-,11+. The number of ether oxygens (including phenoxy) is 1. The van der Waals surface area contributed by atoms with Crippen molar-refractivity contribution < 1.29 is 13.2 Å². The number of halogens is 1. The van der Waals surface area contributed by atoms with Crippen molar-refractivity contribution in [3.8, 4) is 0 Å². The fraction of sp³-hybridized carbons (Fsp3) is 0.538. The van der Waals surface area contributed by atoms with Crippen LogP contribution in [0.5, 0.6) is 0 Å². The van der Waals surface area contributed by atoms with E-state index in [1.54, 1.807) is 24.3 Å². The van der Waals surface area contributed by atoms with E-state index in [1.807, 2.05) is 13.8 Å². The van der Waals surface area contributed by atoms with Crippen LogP contribution in [0.15, 0.2) is 24.3 Å². The molecule has 2 atom stereocenters. The molecule has 1 aliphatic rings. The zero-order valence-electron chi connectivity index (χ0n) is 11.5. The van der Waals surface area contributed by atoms with Crippen molar-refractivity contribution >= 4 is 21.8 Å². The lowest BCUT2D eigenvalue weighted by molar-refractivity contribution is -0.0444. The van der Waals surface area contributed by atoms with E-state index < -0.39 is 10.2 Å². The summed E-state index contributed by atoms with van der Waals surface area (Å²) in [4.78, 5) is 0. The van der Waals surface area contributed by atoms with Crippen LogP contribution in [-0.2, 0) is 21.5 Å². The number of nitrogens with zero attached hydrogens (tertiary/aromatic N) is 1. The number of nitrogens with one attached hydrogen (secondary N) is 1. The lowest BCUT2D eigenvalue weighted by Crippen LogP contribution is -2.51. The number of hydrogen-bond acceptors (Lipinski definition) is 3. The maximum absolute atomic E-state index is 12.3. The first-order valence-corrected chi connectivity index (χ1v) is 8.33. The molecule has 0 bridgehead atoms. The van der Waals surface area contributed by atoms with Crippen LogP contribution in [0, 0.1) is 0 Å². The summed E-state index contributed by atoms with van der Waals surface area (Å²) in [6.07, 6.45) is -0.184. The topological polar surface area (TPSA) is 58.6 Å². The monoisotopic (exact) mass is 318 g/mol. The molecule has 1 fully saturated rings. The lowest BCUT2D eigenvalue weighted by atomic mass is 10.2. The summed E-state index contributed by atoms with van der Waals surface area (Å²) in [5.41, 5.74) is 0.868. The van der Waals surface area contributed by atoms with E-state index in [1.165, 1.54) is 4.31 Å². The smallest absolute Gasteiger partial charge is 0.279 e. The molecule has 7 heteroatoms. The van der Waals surface area contributed by atoms with E-state index in [4.69, 9.17) is 16.3 Å². The molecule has 1 aromatic rings. The number of hydrogen-bond donors (Lipinski definition) is 1. The van der Waals surface area contributed by atoms with E-state index in [9.17, 15) is 8.42 Å². The van der Waals surface area contributed by atoms with Crippen LogP contribution in [0.3, 0.4) is 0 Å². The fourth-order valence-corrected chi connectivity index (χ4v) is 3.67. The highest BCUT2D eigenvalue weighted by atomic mass is 35.5. The summed E-state index contributed by atoms with van der Waals surface area (Å²) in [6.45, 7) is 4.74. The second kappa shape index (κ2) is 6.41. The summed E-state index contributed by atoms with van der Waals surface area (Å²) in [7, 11) is -3.49. The highest BCUT2D eigenvalue weighted by Crippen LogP contribution is 2.14. The molecule has 0 saturated carbocycles. The molecule has 2 rings (SSSR count). The first kappa shape index (κ1) is 15.7. The first-order valence-electron chi connectivity index (χ1n) is 6.51. The molecule has 1 aliphatic heterocycles. The van der Waals surface area contributed by atoms with Gasteiger partial charge in [-0.25, -0.2) is 0 Å². The molecule has 5 nitrogen and oxygen atoms in total. The summed E-state index contributed by atoms with van der Waals surface area (Å²) in [5, 5.41) is 0.632. The van der Waals surface area contributed by atoms with Crippen LogP contribution in [-0.4, -0.2) is 38.0 Å². The molecular formula is C13H19ClN2O3S. The van der Waals surface area contributed by atoms with Crippen LogP contribution in [0.4, 0.5) is 0 Å². The largest absolute Gasteiger partial charge is 0.373 e. The van der Waals surface area contributed by atoms with Crippen LogP contribution in [0.2, 0.25) is 5.02 Å². The first-order chi connectivity index (χ1) is 9.37. The van der Waals surface area contributed by atoms with Crippen molar-refractivity contribution in [1.82, 2.24) is 9.03 Å². The average Bonchev–Trinajstić information content (AvgIpc) is 2.37. The third kappa shape index (κ3) is 4.17. The Morgan fingerprint density at radius 1 is 1.25 bits per heavy atom. The van der Waals surface area contributed by atoms with Gasteiger partial charge < -0.3 is 4.74 Å². The second-order valence-electron chi connectivity index (χ2n) is 5.03. The third-order valence-electron chi connectivity index (χ3n) is 3.10. The molecule has 0 unspecified atom stereocenters. The van der Waals surface area contributed by atoms with E-state index in [0.29, 0.717) is 18.1 Å². The molecule has 1 heterocycles. The van der Waals surface area contributed by atoms with Crippen LogP contribution in [0.25, 0.3) is 0 Å². The van der Waals surface area contributed by atoms with Crippen molar-refractivity contribution in [1.29, 1.82) is 0 Å². The highest BCUT2D eigenvalue weighted by Gasteiger charge is 2.30. The SMILES string of the molecule is C[C@@H]1CN(S(=O)(=O)NCc2ccc(Cl)cc2)C[C@H](C)O1. The van der Waals surface area contributed by atoms with E-state index in [0.717, 1.165) is 5.56 Å². The zero-order valence-corrected chi connectivity index (χ0v) is 13.1. The van der Waals surface area contributed by atoms with E-state index in [2.05, 4.69) is 4.72 Å². The van der Waals surface area contributed by atoms with Gasteiger partial charge in [-0.1, -0.05) is 23.7 Å². The lowest BCUT2D eigenvalue weighted by Gasteiger charge is -2.34. The minimum absolute atomic E-state index is 0.0918. The summed E-state index contributed by atoms with van der Waals surface area (Å²) in [5.74, 6) is 0. The van der Waals surface area contributed by atoms with E-state index in [-0.39, 0.29) is 18.8 Å². The highest BCUT2D eigenvalue weighted by molar-refractivity contribution is 7.87. The number of morpholine rings is 1. The molecular weight excluding hydrogens is 300 g/mol. The van der Waals surface area contributed by atoms with Crippen molar-refractivity contribution in [3.05, 3.63) is 34.9 Å². The molecule has 112 valence electrons. The predicted molar refractivity (Wildman–Crippen MR) is 78.8 cm³/mol. The third-order valence-corrected chi connectivity index (χ3v) is 4.84. The molecule has 1 saturated heterocycles. The maximum atomic E-state index is 12.3. The molecule has 0 aromatic heterocycles. The molecule has 0 radical (unpaired) electrons. The normalized spacial score (nSPS) is 24.8. The van der Waals surface area contributed by atoms with Gasteiger partial charge in [-0.2, -0.15) is 17.4 Å². The van der Waals surface area contributed by atoms with Crippen molar-refractivity contribution in [2.24, 2.45) is 0 Å². The van der Waals surface area contributed by atoms with Gasteiger partial charge in [0.2, 0.25) is 0 Å². The summed E-state index contributed by atoms with van der Waals surface area (Å²) in [6, 6.07) is 7.08. The van der Waals surface area contributed by atoms with Gasteiger partial charge in [-0.05, 0) is 31.5 Å². The Morgan fingerprint density at radius 2 is 1.80 bits per heavy atom. The Morgan fingerprint density at radius 3 is 2.35 bits per heavy atom. The van der Waals surface area contributed by atoms with Crippen LogP contribution in [0.1, 0.15) is 19.4 Å². The quantitative estimate of drug-likeness (QED) is 0.920.